The van der Waals surface area contributed by atoms with Gasteiger partial charge in [0.2, 0.25) is 0 Å². The zero-order valence-corrected chi connectivity index (χ0v) is 15.7. The summed E-state index contributed by atoms with van der Waals surface area (Å²) in [6.45, 7) is 3.86. The van der Waals surface area contributed by atoms with Crippen LogP contribution in [0.4, 0.5) is 5.69 Å². The van der Waals surface area contributed by atoms with Crippen molar-refractivity contribution in [3.8, 4) is 17.2 Å². The summed E-state index contributed by atoms with van der Waals surface area (Å²) in [4.78, 5) is 22.5. The van der Waals surface area contributed by atoms with Crippen LogP contribution in [0.25, 0.3) is 0 Å². The zero-order chi connectivity index (χ0) is 20.5. The molecule has 2 rings (SSSR count). The molecule has 9 heteroatoms. The molecule has 0 aromatic heterocycles. The number of nitrogens with zero attached hydrogens (tertiary/aromatic N) is 2. The molecule has 0 unspecified atom stereocenters. The van der Waals surface area contributed by atoms with Crippen LogP contribution in [0, 0.1) is 10.1 Å². The maximum atomic E-state index is 12.1. The summed E-state index contributed by atoms with van der Waals surface area (Å²) in [6, 6.07) is 11.1. The van der Waals surface area contributed by atoms with Crippen LogP contribution in [0.5, 0.6) is 17.2 Å². The summed E-state index contributed by atoms with van der Waals surface area (Å²) in [5, 5.41) is 14.9. The number of carbonyl (C=O) groups is 1. The van der Waals surface area contributed by atoms with Gasteiger partial charge in [-0.1, -0.05) is 12.1 Å². The molecule has 1 amide bonds. The molecular weight excluding hydrogens is 366 g/mol. The van der Waals surface area contributed by atoms with Gasteiger partial charge >= 0.3 is 5.69 Å². The largest absolute Gasteiger partial charge is 0.493 e. The lowest BCUT2D eigenvalue weighted by molar-refractivity contribution is -0.386. The zero-order valence-electron chi connectivity index (χ0n) is 15.7. The number of carbonyl (C=O) groups excluding carboxylic acids is 1. The number of hydrogen-bond donors (Lipinski definition) is 1. The maximum absolute atomic E-state index is 12.1. The number of methoxy groups -OCH3 is 1. The number of rotatable bonds is 9. The van der Waals surface area contributed by atoms with Gasteiger partial charge in [0.25, 0.3) is 5.91 Å². The minimum atomic E-state index is -0.979. The first-order valence-electron chi connectivity index (χ1n) is 8.50. The van der Waals surface area contributed by atoms with Crippen LogP contribution >= 0.6 is 0 Å². The van der Waals surface area contributed by atoms with Gasteiger partial charge in [-0.15, -0.1) is 0 Å². The molecule has 0 aliphatic rings. The van der Waals surface area contributed by atoms with Crippen molar-refractivity contribution in [2.45, 2.75) is 20.0 Å². The fourth-order valence-corrected chi connectivity index (χ4v) is 2.25. The van der Waals surface area contributed by atoms with Crippen LogP contribution in [-0.2, 0) is 4.79 Å². The van der Waals surface area contributed by atoms with Gasteiger partial charge in [0.1, 0.15) is 0 Å². The highest BCUT2D eigenvalue weighted by atomic mass is 16.6. The number of amides is 1. The third-order valence-corrected chi connectivity index (χ3v) is 3.61. The van der Waals surface area contributed by atoms with Crippen LogP contribution < -0.4 is 19.6 Å². The Kier molecular flexibility index (Phi) is 7.32. The summed E-state index contributed by atoms with van der Waals surface area (Å²) in [6.07, 6.45) is 0.460. The number of nitrogens with one attached hydrogen (secondary N) is 1. The summed E-state index contributed by atoms with van der Waals surface area (Å²) < 4.78 is 16.1. The van der Waals surface area contributed by atoms with Gasteiger partial charge in [0.15, 0.2) is 23.4 Å². The van der Waals surface area contributed by atoms with Crippen molar-refractivity contribution in [3.63, 3.8) is 0 Å². The van der Waals surface area contributed by atoms with E-state index in [2.05, 4.69) is 10.5 Å². The number of nitro benzene ring substituents is 1. The second-order valence-corrected chi connectivity index (χ2v) is 5.56. The number of nitro groups is 1. The van der Waals surface area contributed by atoms with Crippen molar-refractivity contribution in [2.24, 2.45) is 5.10 Å². The van der Waals surface area contributed by atoms with E-state index < -0.39 is 16.9 Å². The number of hydrogen-bond acceptors (Lipinski definition) is 7. The van der Waals surface area contributed by atoms with Gasteiger partial charge in [-0.05, 0) is 43.7 Å². The lowest BCUT2D eigenvalue weighted by Gasteiger charge is -2.12. The van der Waals surface area contributed by atoms with E-state index in [4.69, 9.17) is 14.2 Å². The van der Waals surface area contributed by atoms with Crippen LogP contribution in [0.1, 0.15) is 19.4 Å². The Bertz CT molecular complexity index is 868. The molecule has 9 nitrogen and oxygen atoms in total. The lowest BCUT2D eigenvalue weighted by atomic mass is 10.2. The molecule has 2 aromatic carbocycles. The maximum Gasteiger partial charge on any atom is 0.310 e. The molecule has 148 valence electrons. The number of ether oxygens (including phenoxy) is 3. The Balaban J connectivity index is 1.99. The van der Waals surface area contributed by atoms with E-state index in [1.54, 1.807) is 24.3 Å². The van der Waals surface area contributed by atoms with Crippen molar-refractivity contribution in [2.75, 3.05) is 13.7 Å². The molecule has 0 fully saturated rings. The van der Waals surface area contributed by atoms with Crippen molar-refractivity contribution in [1.82, 2.24) is 5.43 Å². The Labute approximate surface area is 162 Å². The van der Waals surface area contributed by atoms with E-state index in [-0.39, 0.29) is 11.4 Å². The van der Waals surface area contributed by atoms with E-state index in [0.717, 1.165) is 0 Å². The first-order chi connectivity index (χ1) is 13.5. The summed E-state index contributed by atoms with van der Waals surface area (Å²) in [7, 11) is 1.53. The molecule has 0 aliphatic heterocycles. The molecule has 0 bridgehead atoms. The lowest BCUT2D eigenvalue weighted by Crippen LogP contribution is -2.33. The first kappa shape index (κ1) is 20.7. The molecule has 28 heavy (non-hydrogen) atoms. The van der Waals surface area contributed by atoms with Gasteiger partial charge in [-0.3, -0.25) is 14.9 Å². The second kappa shape index (κ2) is 9.91. The Morgan fingerprint density at radius 2 is 2.00 bits per heavy atom. The topological polar surface area (TPSA) is 112 Å². The Morgan fingerprint density at radius 3 is 2.68 bits per heavy atom. The molecule has 1 atom stereocenters. The third kappa shape index (κ3) is 5.44. The normalized spacial score (nSPS) is 11.7. The molecule has 2 aromatic rings. The summed E-state index contributed by atoms with van der Waals surface area (Å²) in [5.74, 6) is 0.616. The molecule has 0 spiro atoms. The van der Waals surface area contributed by atoms with Crippen LogP contribution in [-0.4, -0.2) is 36.9 Å². The van der Waals surface area contributed by atoms with E-state index >= 15 is 0 Å². The Hall–Kier alpha value is -3.62. The number of benzene rings is 2. The third-order valence-electron chi connectivity index (χ3n) is 3.61. The Morgan fingerprint density at radius 1 is 1.25 bits per heavy atom. The monoisotopic (exact) mass is 387 g/mol. The van der Waals surface area contributed by atoms with E-state index in [1.807, 2.05) is 6.92 Å². The highest BCUT2D eigenvalue weighted by Crippen LogP contribution is 2.28. The second-order valence-electron chi connectivity index (χ2n) is 5.56. The van der Waals surface area contributed by atoms with Crippen LogP contribution in [0.3, 0.4) is 0 Å². The molecule has 0 aliphatic carbocycles. The first-order valence-corrected chi connectivity index (χ1v) is 8.50. The summed E-state index contributed by atoms with van der Waals surface area (Å²) >= 11 is 0. The van der Waals surface area contributed by atoms with Gasteiger partial charge in [-0.2, -0.15) is 5.10 Å². The van der Waals surface area contributed by atoms with Gasteiger partial charge in [-0.25, -0.2) is 5.43 Å². The van der Waals surface area contributed by atoms with Crippen LogP contribution in [0.2, 0.25) is 0 Å². The van der Waals surface area contributed by atoms with Crippen LogP contribution in [0.15, 0.2) is 47.6 Å². The average molecular weight is 387 g/mol. The molecule has 1 N–H and O–H groups in total. The summed E-state index contributed by atoms with van der Waals surface area (Å²) in [5.41, 5.74) is 2.81. The minimum Gasteiger partial charge on any atom is -0.493 e. The van der Waals surface area contributed by atoms with Gasteiger partial charge in [0, 0.05) is 6.07 Å². The standard InChI is InChI=1S/C19H21N3O6/c1-4-27-17-10-9-14(11-18(17)26-3)12-20-21-19(23)13(2)28-16-8-6-5-7-15(16)22(24)25/h5-13H,4H2,1-3H3,(H,21,23)/b20-12-/t13-/m1/s1. The van der Waals surface area contributed by atoms with Crippen molar-refractivity contribution in [1.29, 1.82) is 0 Å². The predicted molar refractivity (Wildman–Crippen MR) is 103 cm³/mol. The van der Waals surface area contributed by atoms with Gasteiger partial charge < -0.3 is 14.2 Å². The SMILES string of the molecule is CCOc1ccc(/C=N\NC(=O)[C@@H](C)Oc2ccccc2[N+](=O)[O-])cc1OC. The van der Waals surface area contributed by atoms with Crippen molar-refractivity contribution in [3.05, 3.63) is 58.1 Å². The average Bonchev–Trinajstić information content (AvgIpc) is 2.69. The van der Waals surface area contributed by atoms with E-state index in [9.17, 15) is 14.9 Å². The number of hydrazone groups is 1. The fourth-order valence-electron chi connectivity index (χ4n) is 2.25. The van der Waals surface area contributed by atoms with Crippen molar-refractivity contribution < 1.29 is 23.9 Å². The van der Waals surface area contributed by atoms with E-state index in [1.165, 1.54) is 38.4 Å². The highest BCUT2D eigenvalue weighted by Gasteiger charge is 2.20. The van der Waals surface area contributed by atoms with Crippen molar-refractivity contribution >= 4 is 17.8 Å². The highest BCUT2D eigenvalue weighted by molar-refractivity contribution is 5.85. The smallest absolute Gasteiger partial charge is 0.310 e. The van der Waals surface area contributed by atoms with E-state index in [0.29, 0.717) is 23.7 Å². The molecule has 0 saturated carbocycles. The molecule has 0 heterocycles. The predicted octanol–water partition coefficient (Wildman–Crippen LogP) is 2.92. The molecule has 0 saturated heterocycles. The quantitative estimate of drug-likeness (QED) is 0.402. The minimum absolute atomic E-state index is 0.00961. The van der Waals surface area contributed by atoms with Gasteiger partial charge in [0.05, 0.1) is 24.9 Å². The fraction of sp³-hybridized carbons (Fsp3) is 0.263. The molecule has 0 radical (unpaired) electrons. The molecular formula is C19H21N3O6. The number of para-hydroxylation sites is 2.